The van der Waals surface area contributed by atoms with Crippen LogP contribution >= 0.6 is 11.8 Å². The van der Waals surface area contributed by atoms with Gasteiger partial charge in [0.1, 0.15) is 0 Å². The van der Waals surface area contributed by atoms with Crippen LogP contribution in [0.5, 0.6) is 0 Å². The number of nitro groups is 1. The number of rotatable bonds is 8. The number of anilines is 2. The third-order valence-electron chi connectivity index (χ3n) is 2.49. The summed E-state index contributed by atoms with van der Waals surface area (Å²) in [6, 6.07) is 5.32. The van der Waals surface area contributed by atoms with Crippen molar-refractivity contribution < 1.29 is 4.92 Å². The highest BCUT2D eigenvalue weighted by molar-refractivity contribution is 7.99. The van der Waals surface area contributed by atoms with Crippen molar-refractivity contribution in [1.29, 1.82) is 0 Å². The van der Waals surface area contributed by atoms with E-state index in [2.05, 4.69) is 24.5 Å². The molecule has 19 heavy (non-hydrogen) atoms. The molecule has 0 heterocycles. The number of nitrogens with zero attached hydrogens (tertiary/aromatic N) is 1. The van der Waals surface area contributed by atoms with Crippen LogP contribution in [0.1, 0.15) is 20.8 Å². The van der Waals surface area contributed by atoms with Gasteiger partial charge in [0.05, 0.1) is 4.92 Å². The van der Waals surface area contributed by atoms with E-state index in [9.17, 15) is 10.1 Å². The van der Waals surface area contributed by atoms with Gasteiger partial charge in [-0.25, -0.2) is 0 Å². The first-order valence-corrected chi connectivity index (χ1v) is 7.59. The molecule has 106 valence electrons. The van der Waals surface area contributed by atoms with E-state index in [1.54, 1.807) is 12.1 Å². The zero-order valence-corrected chi connectivity index (χ0v) is 12.4. The van der Waals surface area contributed by atoms with Crippen LogP contribution in [-0.4, -0.2) is 29.0 Å². The van der Waals surface area contributed by atoms with Crippen molar-refractivity contribution in [1.82, 2.24) is 0 Å². The zero-order valence-electron chi connectivity index (χ0n) is 11.6. The Bertz CT molecular complexity index is 426. The number of hydrogen-bond donors (Lipinski definition) is 2. The third kappa shape index (κ3) is 5.38. The maximum absolute atomic E-state index is 10.9. The van der Waals surface area contributed by atoms with E-state index in [4.69, 9.17) is 0 Å². The lowest BCUT2D eigenvalue weighted by Crippen LogP contribution is -2.18. The highest BCUT2D eigenvalue weighted by Crippen LogP contribution is 2.25. The second-order valence-electron chi connectivity index (χ2n) is 4.26. The first-order valence-electron chi connectivity index (χ1n) is 6.44. The lowest BCUT2D eigenvalue weighted by molar-refractivity contribution is -0.384. The second kappa shape index (κ2) is 7.89. The Balaban J connectivity index is 2.83. The van der Waals surface area contributed by atoms with Crippen molar-refractivity contribution in [2.24, 2.45) is 0 Å². The van der Waals surface area contributed by atoms with Crippen molar-refractivity contribution in [2.45, 2.75) is 26.8 Å². The van der Waals surface area contributed by atoms with Gasteiger partial charge >= 0.3 is 0 Å². The van der Waals surface area contributed by atoms with Crippen molar-refractivity contribution in [3.8, 4) is 0 Å². The predicted octanol–water partition coefficient (Wildman–Crippen LogP) is 3.58. The van der Waals surface area contributed by atoms with Gasteiger partial charge in [-0.05, 0) is 25.7 Å². The lowest BCUT2D eigenvalue weighted by Gasteiger charge is -2.15. The van der Waals surface area contributed by atoms with E-state index in [1.165, 1.54) is 0 Å². The molecule has 1 atom stereocenters. The van der Waals surface area contributed by atoms with E-state index in [0.717, 1.165) is 29.4 Å². The quantitative estimate of drug-likeness (QED) is 0.564. The summed E-state index contributed by atoms with van der Waals surface area (Å²) in [7, 11) is 0. The number of nitrogens with one attached hydrogen (secondary N) is 2. The number of nitro benzene ring substituents is 1. The Hall–Kier alpha value is -1.43. The molecule has 0 aliphatic rings. The molecule has 1 aromatic carbocycles. The lowest BCUT2D eigenvalue weighted by atomic mass is 10.2. The van der Waals surface area contributed by atoms with E-state index in [0.29, 0.717) is 0 Å². The van der Waals surface area contributed by atoms with E-state index >= 15 is 0 Å². The molecule has 0 aliphatic carbocycles. The molecule has 2 N–H and O–H groups in total. The van der Waals surface area contributed by atoms with Crippen LogP contribution in [0.3, 0.4) is 0 Å². The molecule has 0 saturated heterocycles. The molecule has 5 nitrogen and oxygen atoms in total. The summed E-state index contributed by atoms with van der Waals surface area (Å²) >= 11 is 1.85. The van der Waals surface area contributed by atoms with E-state index in [-0.39, 0.29) is 16.7 Å². The Morgan fingerprint density at radius 2 is 2.00 bits per heavy atom. The van der Waals surface area contributed by atoms with Gasteiger partial charge in [0, 0.05) is 41.8 Å². The zero-order chi connectivity index (χ0) is 14.3. The molecular formula is C13H21N3O2S. The van der Waals surface area contributed by atoms with Gasteiger partial charge in [-0.2, -0.15) is 11.8 Å². The fourth-order valence-electron chi connectivity index (χ4n) is 1.73. The molecule has 0 radical (unpaired) electrons. The van der Waals surface area contributed by atoms with Crippen LogP contribution in [0.15, 0.2) is 18.2 Å². The topological polar surface area (TPSA) is 67.2 Å². The molecular weight excluding hydrogens is 262 g/mol. The average molecular weight is 283 g/mol. The number of thioether (sulfide) groups is 1. The molecule has 1 rings (SSSR count). The summed E-state index contributed by atoms with van der Waals surface area (Å²) in [5.41, 5.74) is 1.67. The van der Waals surface area contributed by atoms with Crippen LogP contribution < -0.4 is 10.6 Å². The summed E-state index contributed by atoms with van der Waals surface area (Å²) in [5, 5.41) is 17.3. The Labute approximate surface area is 118 Å². The first-order chi connectivity index (χ1) is 9.06. The van der Waals surface area contributed by atoms with Crippen LogP contribution in [0.4, 0.5) is 17.1 Å². The standard InChI is InChI=1S/C13H21N3O2S/c1-4-14-11-6-12(8-13(7-11)16(17)18)15-10(3)9-19-5-2/h6-8,10,14-15H,4-5,9H2,1-3H3. The summed E-state index contributed by atoms with van der Waals surface area (Å²) in [6.07, 6.45) is 0. The normalized spacial score (nSPS) is 11.9. The van der Waals surface area contributed by atoms with Gasteiger partial charge in [0.2, 0.25) is 0 Å². The fraction of sp³-hybridized carbons (Fsp3) is 0.538. The number of benzene rings is 1. The van der Waals surface area contributed by atoms with Crippen LogP contribution in [0.25, 0.3) is 0 Å². The van der Waals surface area contributed by atoms with Crippen molar-refractivity contribution in [2.75, 3.05) is 28.7 Å². The van der Waals surface area contributed by atoms with Crippen molar-refractivity contribution in [3.63, 3.8) is 0 Å². The van der Waals surface area contributed by atoms with Crippen molar-refractivity contribution in [3.05, 3.63) is 28.3 Å². The molecule has 0 amide bonds. The molecule has 0 bridgehead atoms. The predicted molar refractivity (Wildman–Crippen MR) is 83.3 cm³/mol. The summed E-state index contributed by atoms with van der Waals surface area (Å²) < 4.78 is 0. The SMILES string of the molecule is CCNc1cc(NC(C)CSCC)cc([N+](=O)[O-])c1. The monoisotopic (exact) mass is 283 g/mol. The molecule has 1 aromatic rings. The van der Waals surface area contributed by atoms with E-state index in [1.807, 2.05) is 24.8 Å². The third-order valence-corrected chi connectivity index (χ3v) is 3.64. The van der Waals surface area contributed by atoms with Gasteiger partial charge in [0.15, 0.2) is 0 Å². The molecule has 0 fully saturated rings. The molecule has 0 aromatic heterocycles. The summed E-state index contributed by atoms with van der Waals surface area (Å²) in [6.45, 7) is 6.90. The number of non-ortho nitro benzene ring substituents is 1. The first kappa shape index (κ1) is 15.6. The van der Waals surface area contributed by atoms with Crippen LogP contribution in [-0.2, 0) is 0 Å². The van der Waals surface area contributed by atoms with Gasteiger partial charge in [-0.3, -0.25) is 10.1 Å². The maximum atomic E-state index is 10.9. The summed E-state index contributed by atoms with van der Waals surface area (Å²) in [4.78, 5) is 10.5. The Morgan fingerprint density at radius 3 is 2.58 bits per heavy atom. The minimum atomic E-state index is -0.364. The maximum Gasteiger partial charge on any atom is 0.273 e. The molecule has 0 saturated carbocycles. The minimum absolute atomic E-state index is 0.108. The van der Waals surface area contributed by atoms with Crippen LogP contribution in [0.2, 0.25) is 0 Å². The smallest absolute Gasteiger partial charge is 0.273 e. The Kier molecular flexibility index (Phi) is 6.49. The van der Waals surface area contributed by atoms with Gasteiger partial charge in [0.25, 0.3) is 5.69 Å². The van der Waals surface area contributed by atoms with E-state index < -0.39 is 0 Å². The Morgan fingerprint density at radius 1 is 1.32 bits per heavy atom. The van der Waals surface area contributed by atoms with Gasteiger partial charge < -0.3 is 10.6 Å². The van der Waals surface area contributed by atoms with Crippen LogP contribution in [0, 0.1) is 10.1 Å². The van der Waals surface area contributed by atoms with Crippen molar-refractivity contribution >= 4 is 28.8 Å². The molecule has 0 spiro atoms. The average Bonchev–Trinajstić information content (AvgIpc) is 2.36. The summed E-state index contributed by atoms with van der Waals surface area (Å²) in [5.74, 6) is 2.05. The highest BCUT2D eigenvalue weighted by Gasteiger charge is 2.11. The fourth-order valence-corrected chi connectivity index (χ4v) is 2.40. The number of hydrogen-bond acceptors (Lipinski definition) is 5. The highest BCUT2D eigenvalue weighted by atomic mass is 32.2. The second-order valence-corrected chi connectivity index (χ2v) is 5.58. The van der Waals surface area contributed by atoms with Gasteiger partial charge in [-0.15, -0.1) is 0 Å². The van der Waals surface area contributed by atoms with Gasteiger partial charge in [-0.1, -0.05) is 6.92 Å². The molecule has 0 aliphatic heterocycles. The largest absolute Gasteiger partial charge is 0.385 e. The molecule has 1 unspecified atom stereocenters. The molecule has 6 heteroatoms. The minimum Gasteiger partial charge on any atom is -0.385 e.